The Labute approximate surface area is 157 Å². The van der Waals surface area contributed by atoms with Gasteiger partial charge in [0.1, 0.15) is 10.8 Å². The van der Waals surface area contributed by atoms with Crippen molar-refractivity contribution in [2.45, 2.75) is 52.6 Å². The van der Waals surface area contributed by atoms with Gasteiger partial charge in [-0.1, -0.05) is 12.1 Å². The standard InChI is InChI=1S/C20H24N2O3S/c1-11-8-9-12(2)15(10-11)25-13(3)19(24)22-20-17(18(21)23)14-6-4-5-7-16(14)26-20/h8-10,13H,4-7H2,1-3H3,(H2,21,23)(H,22,24). The van der Waals surface area contributed by atoms with Gasteiger partial charge in [-0.05, 0) is 69.2 Å². The van der Waals surface area contributed by atoms with E-state index >= 15 is 0 Å². The van der Waals surface area contributed by atoms with E-state index in [2.05, 4.69) is 5.32 Å². The van der Waals surface area contributed by atoms with Crippen molar-refractivity contribution in [1.29, 1.82) is 0 Å². The van der Waals surface area contributed by atoms with Crippen molar-refractivity contribution in [2.75, 3.05) is 5.32 Å². The van der Waals surface area contributed by atoms with Crippen molar-refractivity contribution in [2.24, 2.45) is 5.73 Å². The first-order valence-electron chi connectivity index (χ1n) is 8.86. The summed E-state index contributed by atoms with van der Waals surface area (Å²) in [4.78, 5) is 25.7. The van der Waals surface area contributed by atoms with Crippen molar-refractivity contribution in [3.8, 4) is 5.75 Å². The number of nitrogens with two attached hydrogens (primary N) is 1. The molecule has 0 spiro atoms. The zero-order valence-electron chi connectivity index (χ0n) is 15.3. The molecule has 1 heterocycles. The fourth-order valence-electron chi connectivity index (χ4n) is 3.21. The summed E-state index contributed by atoms with van der Waals surface area (Å²) in [5.74, 6) is -0.0805. The minimum Gasteiger partial charge on any atom is -0.481 e. The molecular weight excluding hydrogens is 348 g/mol. The molecular formula is C20H24N2O3S. The van der Waals surface area contributed by atoms with Crippen molar-refractivity contribution in [1.82, 2.24) is 0 Å². The summed E-state index contributed by atoms with van der Waals surface area (Å²) < 4.78 is 5.84. The van der Waals surface area contributed by atoms with Gasteiger partial charge in [0.05, 0.1) is 5.56 Å². The molecule has 1 aliphatic rings. The number of nitrogens with one attached hydrogen (secondary N) is 1. The second-order valence-corrected chi connectivity index (χ2v) is 7.90. The fraction of sp³-hybridized carbons (Fsp3) is 0.400. The highest BCUT2D eigenvalue weighted by molar-refractivity contribution is 7.17. The molecule has 26 heavy (non-hydrogen) atoms. The minimum absolute atomic E-state index is 0.285. The van der Waals surface area contributed by atoms with E-state index in [-0.39, 0.29) is 5.91 Å². The molecule has 3 rings (SSSR count). The van der Waals surface area contributed by atoms with Crippen LogP contribution in [0.25, 0.3) is 0 Å². The lowest BCUT2D eigenvalue weighted by Crippen LogP contribution is -2.31. The van der Waals surface area contributed by atoms with E-state index in [1.165, 1.54) is 11.3 Å². The van der Waals surface area contributed by atoms with Gasteiger partial charge in [-0.2, -0.15) is 0 Å². The molecule has 3 N–H and O–H groups in total. The van der Waals surface area contributed by atoms with E-state index in [1.807, 2.05) is 32.0 Å². The number of thiophene rings is 1. The topological polar surface area (TPSA) is 81.4 Å². The molecule has 0 radical (unpaired) electrons. The molecule has 1 aromatic carbocycles. The maximum absolute atomic E-state index is 12.6. The molecule has 0 saturated carbocycles. The predicted molar refractivity (Wildman–Crippen MR) is 104 cm³/mol. The number of carbonyl (C=O) groups is 2. The molecule has 0 bridgehead atoms. The summed E-state index contributed by atoms with van der Waals surface area (Å²) in [6.07, 6.45) is 3.24. The van der Waals surface area contributed by atoms with E-state index < -0.39 is 12.0 Å². The van der Waals surface area contributed by atoms with Gasteiger partial charge in [-0.25, -0.2) is 0 Å². The third kappa shape index (κ3) is 3.75. The number of carbonyl (C=O) groups excluding carboxylic acids is 2. The Hall–Kier alpha value is -2.34. The minimum atomic E-state index is -0.685. The zero-order valence-corrected chi connectivity index (χ0v) is 16.2. The maximum Gasteiger partial charge on any atom is 0.265 e. The lowest BCUT2D eigenvalue weighted by molar-refractivity contribution is -0.122. The Balaban J connectivity index is 1.78. The second kappa shape index (κ2) is 7.50. The predicted octanol–water partition coefficient (Wildman–Crippen LogP) is 3.75. The number of ether oxygens (including phenoxy) is 1. The summed E-state index contributed by atoms with van der Waals surface area (Å²) in [7, 11) is 0. The van der Waals surface area contributed by atoms with Crippen LogP contribution in [-0.2, 0) is 17.6 Å². The smallest absolute Gasteiger partial charge is 0.265 e. The Morgan fingerprint density at radius 3 is 2.69 bits per heavy atom. The first kappa shape index (κ1) is 18.5. The monoisotopic (exact) mass is 372 g/mol. The number of amides is 2. The van der Waals surface area contributed by atoms with Gasteiger partial charge in [0.25, 0.3) is 11.8 Å². The van der Waals surface area contributed by atoms with Gasteiger partial charge in [0.2, 0.25) is 0 Å². The number of primary amides is 1. The molecule has 2 amide bonds. The van der Waals surface area contributed by atoms with Gasteiger partial charge in [0.15, 0.2) is 6.10 Å². The quantitative estimate of drug-likeness (QED) is 0.839. The third-order valence-electron chi connectivity index (χ3n) is 4.67. The molecule has 0 saturated heterocycles. The van der Waals surface area contributed by atoms with E-state index in [9.17, 15) is 9.59 Å². The number of benzene rings is 1. The fourth-order valence-corrected chi connectivity index (χ4v) is 4.50. The van der Waals surface area contributed by atoms with Crippen molar-refractivity contribution >= 4 is 28.2 Å². The first-order chi connectivity index (χ1) is 12.4. The lowest BCUT2D eigenvalue weighted by Gasteiger charge is -2.16. The van der Waals surface area contributed by atoms with Crippen molar-refractivity contribution < 1.29 is 14.3 Å². The molecule has 1 unspecified atom stereocenters. The van der Waals surface area contributed by atoms with E-state index in [1.54, 1.807) is 6.92 Å². The van der Waals surface area contributed by atoms with Crippen molar-refractivity contribution in [3.05, 3.63) is 45.3 Å². The number of hydrogen-bond acceptors (Lipinski definition) is 4. The molecule has 1 aliphatic carbocycles. The Morgan fingerprint density at radius 1 is 1.23 bits per heavy atom. The van der Waals surface area contributed by atoms with Gasteiger partial charge in [0, 0.05) is 4.88 Å². The zero-order chi connectivity index (χ0) is 18.8. The summed E-state index contributed by atoms with van der Waals surface area (Å²) in [6.45, 7) is 5.62. The number of anilines is 1. The molecule has 6 heteroatoms. The van der Waals surface area contributed by atoms with Crippen LogP contribution in [0.1, 0.15) is 51.7 Å². The van der Waals surface area contributed by atoms with Gasteiger partial charge >= 0.3 is 0 Å². The van der Waals surface area contributed by atoms with Gasteiger partial charge < -0.3 is 15.8 Å². The first-order valence-corrected chi connectivity index (χ1v) is 9.67. The van der Waals surface area contributed by atoms with Crippen LogP contribution >= 0.6 is 11.3 Å². The normalized spacial score (nSPS) is 14.4. The molecule has 5 nitrogen and oxygen atoms in total. The van der Waals surface area contributed by atoms with Crippen molar-refractivity contribution in [3.63, 3.8) is 0 Å². The van der Waals surface area contributed by atoms with Crippen LogP contribution in [0.15, 0.2) is 18.2 Å². The number of fused-ring (bicyclic) bond motifs is 1. The Bertz CT molecular complexity index is 857. The third-order valence-corrected chi connectivity index (χ3v) is 5.88. The lowest BCUT2D eigenvalue weighted by atomic mass is 9.95. The SMILES string of the molecule is Cc1ccc(C)c(OC(C)C(=O)Nc2sc3c(c2C(N)=O)CCCC3)c1. The highest BCUT2D eigenvalue weighted by Crippen LogP contribution is 2.38. The summed E-state index contributed by atoms with van der Waals surface area (Å²) in [5, 5.41) is 3.40. The second-order valence-electron chi connectivity index (χ2n) is 6.80. The largest absolute Gasteiger partial charge is 0.481 e. The van der Waals surface area contributed by atoms with Crippen LogP contribution in [0, 0.1) is 13.8 Å². The number of aryl methyl sites for hydroxylation is 3. The van der Waals surface area contributed by atoms with Gasteiger partial charge in [-0.3, -0.25) is 9.59 Å². The van der Waals surface area contributed by atoms with Crippen LogP contribution in [0.3, 0.4) is 0 Å². The van der Waals surface area contributed by atoms with E-state index in [4.69, 9.17) is 10.5 Å². The number of rotatable bonds is 5. The highest BCUT2D eigenvalue weighted by Gasteiger charge is 2.26. The van der Waals surface area contributed by atoms with E-state index in [0.717, 1.165) is 47.3 Å². The molecule has 1 atom stereocenters. The maximum atomic E-state index is 12.6. The van der Waals surface area contributed by atoms with Crippen LogP contribution in [-0.4, -0.2) is 17.9 Å². The van der Waals surface area contributed by atoms with Crippen LogP contribution in [0.5, 0.6) is 5.75 Å². The molecule has 1 aromatic heterocycles. The highest BCUT2D eigenvalue weighted by atomic mass is 32.1. The molecule has 2 aromatic rings. The summed E-state index contributed by atoms with van der Waals surface area (Å²) >= 11 is 1.46. The molecule has 0 aliphatic heterocycles. The average molecular weight is 372 g/mol. The van der Waals surface area contributed by atoms with Crippen LogP contribution < -0.4 is 15.8 Å². The number of hydrogen-bond donors (Lipinski definition) is 2. The van der Waals surface area contributed by atoms with Crippen LogP contribution in [0.2, 0.25) is 0 Å². The van der Waals surface area contributed by atoms with E-state index in [0.29, 0.717) is 16.3 Å². The molecule has 0 fully saturated rings. The average Bonchev–Trinajstić information content (AvgIpc) is 2.96. The molecule has 138 valence electrons. The van der Waals surface area contributed by atoms with Gasteiger partial charge in [-0.15, -0.1) is 11.3 Å². The summed E-state index contributed by atoms with van der Waals surface area (Å²) in [5.41, 5.74) is 9.10. The van der Waals surface area contributed by atoms with Crippen LogP contribution in [0.4, 0.5) is 5.00 Å². The Morgan fingerprint density at radius 2 is 1.96 bits per heavy atom. The summed E-state index contributed by atoms with van der Waals surface area (Å²) in [6, 6.07) is 5.88. The Kier molecular flexibility index (Phi) is 5.32.